The van der Waals surface area contributed by atoms with Crippen molar-refractivity contribution in [2.45, 2.75) is 46.3 Å². The zero-order valence-electron chi connectivity index (χ0n) is 19.6. The molecule has 2 N–H and O–H groups in total. The van der Waals surface area contributed by atoms with Crippen LogP contribution in [0.4, 0.5) is 4.39 Å². The maximum Gasteiger partial charge on any atom is 0.272 e. The molecule has 174 valence electrons. The largest absolute Gasteiger partial charge is 0.497 e. The number of aromatic nitrogens is 2. The SMILES string of the molecule is CNC(=O)C(NC(=O)c1nc(-c2ccc(OC)cc2F)n2c1CN(C)CCC2)C(C)(C)C. The Balaban J connectivity index is 2.08. The van der Waals surface area contributed by atoms with Crippen LogP contribution >= 0.6 is 0 Å². The average Bonchev–Trinajstić information content (AvgIpc) is 2.96. The number of imidazole rings is 1. The maximum absolute atomic E-state index is 14.9. The minimum Gasteiger partial charge on any atom is -0.497 e. The van der Waals surface area contributed by atoms with E-state index in [1.807, 2.05) is 32.4 Å². The van der Waals surface area contributed by atoms with Gasteiger partial charge in [-0.15, -0.1) is 0 Å². The number of methoxy groups -OCH3 is 1. The molecule has 1 atom stereocenters. The van der Waals surface area contributed by atoms with Gasteiger partial charge >= 0.3 is 0 Å². The Morgan fingerprint density at radius 1 is 1.25 bits per heavy atom. The van der Waals surface area contributed by atoms with Gasteiger partial charge in [0.1, 0.15) is 23.4 Å². The predicted octanol–water partition coefficient (Wildman–Crippen LogP) is 2.42. The van der Waals surface area contributed by atoms with Crippen LogP contribution in [0.2, 0.25) is 0 Å². The van der Waals surface area contributed by atoms with Crippen molar-refractivity contribution in [2.75, 3.05) is 27.7 Å². The molecule has 1 aromatic carbocycles. The number of rotatable bonds is 5. The normalized spacial score (nSPS) is 15.5. The third-order valence-corrected chi connectivity index (χ3v) is 5.70. The molecule has 8 nitrogen and oxygen atoms in total. The van der Waals surface area contributed by atoms with Crippen molar-refractivity contribution >= 4 is 11.8 Å². The van der Waals surface area contributed by atoms with Crippen LogP contribution in [-0.4, -0.2) is 60.1 Å². The summed E-state index contributed by atoms with van der Waals surface area (Å²) in [5.74, 6) is -0.403. The monoisotopic (exact) mass is 445 g/mol. The highest BCUT2D eigenvalue weighted by Gasteiger charge is 2.35. The second-order valence-corrected chi connectivity index (χ2v) is 9.21. The molecule has 2 aromatic rings. The fourth-order valence-corrected chi connectivity index (χ4v) is 3.93. The maximum atomic E-state index is 14.9. The summed E-state index contributed by atoms with van der Waals surface area (Å²) in [7, 11) is 4.99. The lowest BCUT2D eigenvalue weighted by Crippen LogP contribution is -2.53. The van der Waals surface area contributed by atoms with Crippen molar-refractivity contribution in [1.82, 2.24) is 25.1 Å². The fraction of sp³-hybridized carbons (Fsp3) is 0.522. The smallest absolute Gasteiger partial charge is 0.272 e. The number of carbonyl (C=O) groups is 2. The molecule has 1 unspecified atom stereocenters. The summed E-state index contributed by atoms with van der Waals surface area (Å²) < 4.78 is 21.9. The topological polar surface area (TPSA) is 88.5 Å². The molecule has 0 radical (unpaired) electrons. The summed E-state index contributed by atoms with van der Waals surface area (Å²) in [4.78, 5) is 32.5. The molecule has 1 aliphatic rings. The van der Waals surface area contributed by atoms with Crippen LogP contribution in [0.1, 0.15) is 43.4 Å². The quantitative estimate of drug-likeness (QED) is 0.738. The van der Waals surface area contributed by atoms with Crippen molar-refractivity contribution in [3.8, 4) is 17.1 Å². The van der Waals surface area contributed by atoms with Crippen LogP contribution in [-0.2, 0) is 17.9 Å². The molecule has 1 aliphatic heterocycles. The van der Waals surface area contributed by atoms with Crippen LogP contribution in [0.3, 0.4) is 0 Å². The second kappa shape index (κ2) is 9.28. The van der Waals surface area contributed by atoms with Crippen LogP contribution in [0.25, 0.3) is 11.4 Å². The number of hydrogen-bond acceptors (Lipinski definition) is 5. The van der Waals surface area contributed by atoms with E-state index in [1.54, 1.807) is 12.1 Å². The Kier molecular flexibility index (Phi) is 6.88. The predicted molar refractivity (Wildman–Crippen MR) is 120 cm³/mol. The van der Waals surface area contributed by atoms with E-state index in [-0.39, 0.29) is 11.6 Å². The van der Waals surface area contributed by atoms with E-state index in [9.17, 15) is 14.0 Å². The highest BCUT2D eigenvalue weighted by molar-refractivity contribution is 5.97. The number of ether oxygens (including phenoxy) is 1. The Morgan fingerprint density at radius 3 is 2.56 bits per heavy atom. The number of carbonyl (C=O) groups excluding carboxylic acids is 2. The van der Waals surface area contributed by atoms with Gasteiger partial charge in [-0.3, -0.25) is 9.59 Å². The molecule has 0 bridgehead atoms. The van der Waals surface area contributed by atoms with Crippen LogP contribution in [0.5, 0.6) is 5.75 Å². The van der Waals surface area contributed by atoms with Gasteiger partial charge in [-0.25, -0.2) is 9.37 Å². The Hall–Kier alpha value is -2.94. The van der Waals surface area contributed by atoms with E-state index < -0.39 is 23.2 Å². The lowest BCUT2D eigenvalue weighted by molar-refractivity contribution is -0.124. The standard InChI is InChI=1S/C23H32FN5O3/c1-23(2,3)19(22(31)25-4)27-21(30)18-17-13-28(5)10-7-11-29(17)20(26-18)15-9-8-14(32-6)12-16(15)24/h8-9,12,19H,7,10-11,13H2,1-6H3,(H,25,31)(H,27,30). The van der Waals surface area contributed by atoms with Gasteiger partial charge in [0.05, 0.1) is 18.4 Å². The zero-order valence-corrected chi connectivity index (χ0v) is 19.6. The number of nitrogens with zero attached hydrogens (tertiary/aromatic N) is 3. The average molecular weight is 446 g/mol. The Labute approximate surface area is 188 Å². The minimum absolute atomic E-state index is 0.210. The molecular weight excluding hydrogens is 413 g/mol. The van der Waals surface area contributed by atoms with E-state index in [4.69, 9.17) is 4.74 Å². The number of fused-ring (bicyclic) bond motifs is 1. The van der Waals surface area contributed by atoms with Crippen molar-refractivity contribution < 1.29 is 18.7 Å². The molecule has 0 saturated heterocycles. The van der Waals surface area contributed by atoms with Gasteiger partial charge in [0.15, 0.2) is 5.69 Å². The van der Waals surface area contributed by atoms with E-state index in [2.05, 4.69) is 20.5 Å². The van der Waals surface area contributed by atoms with Crippen LogP contribution in [0.15, 0.2) is 18.2 Å². The molecule has 1 aromatic heterocycles. The number of halogens is 1. The number of benzene rings is 1. The molecular formula is C23H32FN5O3. The van der Waals surface area contributed by atoms with Gasteiger partial charge in [-0.1, -0.05) is 20.8 Å². The summed E-state index contributed by atoms with van der Waals surface area (Å²) in [6.07, 6.45) is 0.842. The first-order valence-corrected chi connectivity index (χ1v) is 10.7. The van der Waals surface area contributed by atoms with Gasteiger partial charge in [0.2, 0.25) is 5.91 Å². The van der Waals surface area contributed by atoms with Crippen molar-refractivity contribution in [2.24, 2.45) is 5.41 Å². The summed E-state index contributed by atoms with van der Waals surface area (Å²) >= 11 is 0. The Morgan fingerprint density at radius 2 is 1.97 bits per heavy atom. The number of nitrogens with one attached hydrogen (secondary N) is 2. The van der Waals surface area contributed by atoms with Gasteiger partial charge in [0.25, 0.3) is 5.91 Å². The van der Waals surface area contributed by atoms with Crippen molar-refractivity contribution in [3.63, 3.8) is 0 Å². The highest BCUT2D eigenvalue weighted by atomic mass is 19.1. The first kappa shape index (κ1) is 23.7. The first-order chi connectivity index (χ1) is 15.1. The zero-order chi connectivity index (χ0) is 23.6. The van der Waals surface area contributed by atoms with E-state index in [0.717, 1.165) is 13.0 Å². The van der Waals surface area contributed by atoms with Gasteiger partial charge in [-0.2, -0.15) is 0 Å². The fourth-order valence-electron chi connectivity index (χ4n) is 3.93. The lowest BCUT2D eigenvalue weighted by atomic mass is 9.86. The summed E-state index contributed by atoms with van der Waals surface area (Å²) in [5.41, 5.74) is 0.711. The number of hydrogen-bond donors (Lipinski definition) is 2. The van der Waals surface area contributed by atoms with Gasteiger partial charge < -0.3 is 24.8 Å². The van der Waals surface area contributed by atoms with E-state index in [1.165, 1.54) is 20.2 Å². The molecule has 9 heteroatoms. The van der Waals surface area contributed by atoms with Gasteiger partial charge in [-0.05, 0) is 37.6 Å². The van der Waals surface area contributed by atoms with Crippen LogP contribution in [0, 0.1) is 11.2 Å². The molecule has 0 spiro atoms. The van der Waals surface area contributed by atoms with E-state index in [0.29, 0.717) is 35.9 Å². The number of likely N-dealkylation sites (N-methyl/N-ethyl adjacent to an activating group) is 1. The summed E-state index contributed by atoms with van der Waals surface area (Å²) in [5, 5.41) is 5.46. The van der Waals surface area contributed by atoms with E-state index >= 15 is 0 Å². The van der Waals surface area contributed by atoms with Crippen molar-refractivity contribution in [1.29, 1.82) is 0 Å². The molecule has 0 saturated carbocycles. The highest BCUT2D eigenvalue weighted by Crippen LogP contribution is 2.30. The molecule has 0 aliphatic carbocycles. The molecule has 2 heterocycles. The number of amides is 2. The third-order valence-electron chi connectivity index (χ3n) is 5.70. The molecule has 3 rings (SSSR count). The Bertz CT molecular complexity index is 1010. The summed E-state index contributed by atoms with van der Waals surface area (Å²) in [6.45, 7) is 7.59. The minimum atomic E-state index is -0.748. The lowest BCUT2D eigenvalue weighted by Gasteiger charge is -2.29. The summed E-state index contributed by atoms with van der Waals surface area (Å²) in [6, 6.07) is 3.84. The van der Waals surface area contributed by atoms with Gasteiger partial charge in [0, 0.05) is 26.2 Å². The van der Waals surface area contributed by atoms with Crippen molar-refractivity contribution in [3.05, 3.63) is 35.4 Å². The molecule has 2 amide bonds. The first-order valence-electron chi connectivity index (χ1n) is 10.7. The molecule has 0 fully saturated rings. The van der Waals surface area contributed by atoms with Crippen LogP contribution < -0.4 is 15.4 Å². The third kappa shape index (κ3) is 4.77. The molecule has 32 heavy (non-hydrogen) atoms. The second-order valence-electron chi connectivity index (χ2n) is 9.21.